The normalized spacial score (nSPS) is 10.9. The fraction of sp³-hybridized carbons (Fsp3) is 0.643. The monoisotopic (exact) mass is 382 g/mol. The van der Waals surface area contributed by atoms with Crippen molar-refractivity contribution in [2.75, 3.05) is 0 Å². The van der Waals surface area contributed by atoms with Crippen LogP contribution in [0.1, 0.15) is 126 Å². The summed E-state index contributed by atoms with van der Waals surface area (Å²) < 4.78 is 0. The average molecular weight is 383 g/mol. The van der Waals surface area contributed by atoms with Gasteiger partial charge in [-0.2, -0.15) is 0 Å². The number of unbranched alkanes of at least 4 members (excludes halogenated alkanes) is 15. The van der Waals surface area contributed by atoms with E-state index in [0.717, 1.165) is 0 Å². The Morgan fingerprint density at radius 2 is 1.00 bits per heavy atom. The molecule has 0 spiro atoms. The molecule has 28 heavy (non-hydrogen) atoms. The lowest BCUT2D eigenvalue weighted by molar-refractivity contribution is 0.529. The van der Waals surface area contributed by atoms with Crippen LogP contribution in [-0.4, -0.2) is 0 Å². The highest BCUT2D eigenvalue weighted by Gasteiger charge is 1.99. The maximum atomic E-state index is 3.91. The molecule has 0 aliphatic carbocycles. The van der Waals surface area contributed by atoms with E-state index in [1.54, 1.807) is 0 Å². The molecule has 0 amide bonds. The minimum absolute atomic E-state index is 1.19. The fourth-order valence-electron chi connectivity index (χ4n) is 4.02. The van der Waals surface area contributed by atoms with Crippen molar-refractivity contribution in [3.05, 3.63) is 48.0 Å². The Kier molecular flexibility index (Phi) is 15.7. The Morgan fingerprint density at radius 1 is 0.571 bits per heavy atom. The van der Waals surface area contributed by atoms with Gasteiger partial charge in [-0.25, -0.2) is 0 Å². The SMILES string of the molecule is C=Cc1ccc(CCCCCCCCCCCCCCCCCC)cc1C=C. The highest BCUT2D eigenvalue weighted by atomic mass is 14.0. The molecule has 0 heteroatoms. The van der Waals surface area contributed by atoms with Gasteiger partial charge in [0.15, 0.2) is 0 Å². The van der Waals surface area contributed by atoms with Gasteiger partial charge in [-0.1, -0.05) is 147 Å². The molecule has 0 bridgehead atoms. The summed E-state index contributed by atoms with van der Waals surface area (Å²) >= 11 is 0. The molecule has 158 valence electrons. The van der Waals surface area contributed by atoms with E-state index >= 15 is 0 Å². The Bertz CT molecular complexity index is 511. The maximum Gasteiger partial charge on any atom is -0.0187 e. The molecule has 0 aromatic heterocycles. The second-order valence-electron chi connectivity index (χ2n) is 8.42. The molecule has 0 aliphatic heterocycles. The van der Waals surface area contributed by atoms with Gasteiger partial charge in [0.05, 0.1) is 0 Å². The highest BCUT2D eigenvalue weighted by molar-refractivity contribution is 5.64. The molecule has 0 saturated carbocycles. The summed E-state index contributed by atoms with van der Waals surface area (Å²) in [6.45, 7) is 10.1. The van der Waals surface area contributed by atoms with Crippen LogP contribution in [-0.2, 0) is 6.42 Å². The summed E-state index contributed by atoms with van der Waals surface area (Å²) in [6.07, 6.45) is 27.9. The van der Waals surface area contributed by atoms with E-state index in [0.29, 0.717) is 0 Å². The maximum absolute atomic E-state index is 3.91. The summed E-state index contributed by atoms with van der Waals surface area (Å²) in [5.74, 6) is 0. The van der Waals surface area contributed by atoms with Crippen molar-refractivity contribution in [3.8, 4) is 0 Å². The summed E-state index contributed by atoms with van der Waals surface area (Å²) in [7, 11) is 0. The van der Waals surface area contributed by atoms with Gasteiger partial charge in [-0.05, 0) is 29.5 Å². The van der Waals surface area contributed by atoms with Crippen LogP contribution in [0.3, 0.4) is 0 Å². The highest BCUT2D eigenvalue weighted by Crippen LogP contribution is 2.18. The zero-order valence-corrected chi connectivity index (χ0v) is 18.8. The molecule has 1 rings (SSSR count). The third-order valence-electron chi connectivity index (χ3n) is 5.91. The second kappa shape index (κ2) is 17.8. The first-order chi connectivity index (χ1) is 13.8. The van der Waals surface area contributed by atoms with Gasteiger partial charge in [-0.3, -0.25) is 0 Å². The van der Waals surface area contributed by atoms with Gasteiger partial charge in [0.2, 0.25) is 0 Å². The molecule has 0 atom stereocenters. The first-order valence-corrected chi connectivity index (χ1v) is 12.2. The first-order valence-electron chi connectivity index (χ1n) is 12.2. The van der Waals surface area contributed by atoms with Gasteiger partial charge < -0.3 is 0 Å². The van der Waals surface area contributed by atoms with E-state index in [-0.39, 0.29) is 0 Å². The van der Waals surface area contributed by atoms with Crippen LogP contribution in [0.5, 0.6) is 0 Å². The molecule has 0 saturated heterocycles. The van der Waals surface area contributed by atoms with Crippen molar-refractivity contribution < 1.29 is 0 Å². The fourth-order valence-corrected chi connectivity index (χ4v) is 4.02. The van der Waals surface area contributed by atoms with Crippen LogP contribution in [0.4, 0.5) is 0 Å². The zero-order chi connectivity index (χ0) is 20.3. The van der Waals surface area contributed by atoms with E-state index in [1.807, 2.05) is 12.2 Å². The van der Waals surface area contributed by atoms with E-state index in [4.69, 9.17) is 0 Å². The predicted octanol–water partition coefficient (Wildman–Crippen LogP) is 9.78. The molecule has 0 N–H and O–H groups in total. The predicted molar refractivity (Wildman–Crippen MR) is 130 cm³/mol. The molecule has 0 heterocycles. The van der Waals surface area contributed by atoms with Gasteiger partial charge in [0.1, 0.15) is 0 Å². The number of hydrogen-bond donors (Lipinski definition) is 0. The average Bonchev–Trinajstić information content (AvgIpc) is 2.73. The molecular formula is C28H46. The van der Waals surface area contributed by atoms with Crippen LogP contribution in [0, 0.1) is 0 Å². The van der Waals surface area contributed by atoms with Gasteiger partial charge in [0, 0.05) is 0 Å². The zero-order valence-electron chi connectivity index (χ0n) is 18.8. The van der Waals surface area contributed by atoms with Crippen LogP contribution in [0.15, 0.2) is 31.4 Å². The van der Waals surface area contributed by atoms with Crippen molar-refractivity contribution in [2.24, 2.45) is 0 Å². The van der Waals surface area contributed by atoms with Crippen molar-refractivity contribution in [1.82, 2.24) is 0 Å². The van der Waals surface area contributed by atoms with Crippen molar-refractivity contribution in [2.45, 2.75) is 116 Å². The van der Waals surface area contributed by atoms with E-state index in [1.165, 1.54) is 126 Å². The molecule has 0 unspecified atom stereocenters. The third-order valence-corrected chi connectivity index (χ3v) is 5.91. The standard InChI is InChI=1S/C28H46/c1-4-7-8-9-10-11-12-13-14-15-16-17-18-19-20-21-22-26-23-24-27(5-2)28(6-3)25-26/h5-6,23-25H,2-4,7-22H2,1H3. The molecule has 1 aromatic carbocycles. The Balaban J connectivity index is 1.88. The third kappa shape index (κ3) is 12.2. The van der Waals surface area contributed by atoms with Gasteiger partial charge in [-0.15, -0.1) is 0 Å². The summed E-state index contributed by atoms with van der Waals surface area (Å²) in [5, 5.41) is 0. The van der Waals surface area contributed by atoms with Crippen molar-refractivity contribution in [3.63, 3.8) is 0 Å². The summed E-state index contributed by atoms with van der Waals surface area (Å²) in [6, 6.07) is 6.69. The lowest BCUT2D eigenvalue weighted by Gasteiger charge is -2.06. The molecule has 0 fully saturated rings. The van der Waals surface area contributed by atoms with Crippen LogP contribution in [0.2, 0.25) is 0 Å². The largest absolute Gasteiger partial charge is 0.0984 e. The number of hydrogen-bond acceptors (Lipinski definition) is 0. The summed E-state index contributed by atoms with van der Waals surface area (Å²) in [4.78, 5) is 0. The number of rotatable bonds is 19. The topological polar surface area (TPSA) is 0 Å². The van der Waals surface area contributed by atoms with Gasteiger partial charge >= 0.3 is 0 Å². The number of aryl methyl sites for hydroxylation is 1. The van der Waals surface area contributed by atoms with E-state index < -0.39 is 0 Å². The van der Waals surface area contributed by atoms with Crippen LogP contribution in [0.25, 0.3) is 12.2 Å². The minimum Gasteiger partial charge on any atom is -0.0984 e. The Labute approximate surface area is 176 Å². The first kappa shape index (κ1) is 24.7. The van der Waals surface area contributed by atoms with Crippen LogP contribution >= 0.6 is 0 Å². The minimum atomic E-state index is 1.19. The molecule has 1 aromatic rings. The lowest BCUT2D eigenvalue weighted by atomic mass is 9.99. The smallest absolute Gasteiger partial charge is 0.0187 e. The summed E-state index contributed by atoms with van der Waals surface area (Å²) in [5.41, 5.74) is 3.83. The Hall–Kier alpha value is -1.30. The van der Waals surface area contributed by atoms with Crippen LogP contribution < -0.4 is 0 Å². The second-order valence-corrected chi connectivity index (χ2v) is 8.42. The number of benzene rings is 1. The molecule has 0 radical (unpaired) electrons. The van der Waals surface area contributed by atoms with E-state index in [2.05, 4.69) is 38.3 Å². The van der Waals surface area contributed by atoms with Crippen molar-refractivity contribution in [1.29, 1.82) is 0 Å². The van der Waals surface area contributed by atoms with E-state index in [9.17, 15) is 0 Å². The lowest BCUT2D eigenvalue weighted by Crippen LogP contribution is -1.89. The molecule has 0 aliphatic rings. The Morgan fingerprint density at radius 3 is 1.43 bits per heavy atom. The molecule has 0 nitrogen and oxygen atoms in total. The van der Waals surface area contributed by atoms with Gasteiger partial charge in [0.25, 0.3) is 0 Å². The quantitative estimate of drug-likeness (QED) is 0.209. The van der Waals surface area contributed by atoms with Crippen molar-refractivity contribution >= 4 is 12.2 Å². The molecular weight excluding hydrogens is 336 g/mol.